The smallest absolute Gasteiger partial charge is 0.250 e. The van der Waals surface area contributed by atoms with Crippen LogP contribution in [-0.2, 0) is 9.53 Å². The number of ether oxygens (including phenoxy) is 1. The number of unbranched alkanes of at least 4 members (excludes halogenated alkanes) is 5. The Bertz CT molecular complexity index is 394. The van der Waals surface area contributed by atoms with Crippen LogP contribution in [0.4, 0.5) is 11.4 Å². The minimum Gasteiger partial charge on any atom is -0.397 e. The van der Waals surface area contributed by atoms with Gasteiger partial charge in [0.25, 0.3) is 0 Å². The first-order valence-electron chi connectivity index (χ1n) is 7.46. The number of hydrogen-bond donors (Lipinski definition) is 2. The van der Waals surface area contributed by atoms with Crippen LogP contribution < -0.4 is 11.1 Å². The number of anilines is 2. The maximum Gasteiger partial charge on any atom is 0.250 e. The second-order valence-electron chi connectivity index (χ2n) is 4.96. The summed E-state index contributed by atoms with van der Waals surface area (Å²) >= 11 is 0. The van der Waals surface area contributed by atoms with Gasteiger partial charge in [0, 0.05) is 6.61 Å². The number of nitrogen functional groups attached to an aromatic ring is 1. The van der Waals surface area contributed by atoms with E-state index in [-0.39, 0.29) is 12.5 Å². The van der Waals surface area contributed by atoms with Gasteiger partial charge in [0.1, 0.15) is 6.61 Å². The van der Waals surface area contributed by atoms with Crippen LogP contribution in [0.25, 0.3) is 0 Å². The van der Waals surface area contributed by atoms with E-state index in [4.69, 9.17) is 10.5 Å². The summed E-state index contributed by atoms with van der Waals surface area (Å²) in [5, 5.41) is 2.74. The zero-order valence-corrected chi connectivity index (χ0v) is 12.4. The van der Waals surface area contributed by atoms with E-state index >= 15 is 0 Å². The van der Waals surface area contributed by atoms with E-state index in [0.717, 1.165) is 6.42 Å². The first kappa shape index (κ1) is 16.5. The summed E-state index contributed by atoms with van der Waals surface area (Å²) < 4.78 is 5.36. The molecule has 0 unspecified atom stereocenters. The molecule has 112 valence electrons. The molecule has 0 aliphatic carbocycles. The van der Waals surface area contributed by atoms with Crippen molar-refractivity contribution in [2.75, 3.05) is 24.3 Å². The molecule has 0 saturated carbocycles. The first-order chi connectivity index (χ1) is 9.74. The predicted octanol–water partition coefficient (Wildman–Crippen LogP) is 3.58. The predicted molar refractivity (Wildman–Crippen MR) is 83.7 cm³/mol. The van der Waals surface area contributed by atoms with E-state index in [1.807, 2.05) is 12.1 Å². The molecule has 1 rings (SSSR count). The first-order valence-corrected chi connectivity index (χ1v) is 7.46. The van der Waals surface area contributed by atoms with Crippen molar-refractivity contribution in [1.82, 2.24) is 0 Å². The van der Waals surface area contributed by atoms with E-state index in [2.05, 4.69) is 12.2 Å². The van der Waals surface area contributed by atoms with Crippen molar-refractivity contribution in [2.45, 2.75) is 45.4 Å². The molecule has 1 aromatic rings. The van der Waals surface area contributed by atoms with Crippen LogP contribution in [0.15, 0.2) is 24.3 Å². The lowest BCUT2D eigenvalue weighted by Crippen LogP contribution is -2.19. The van der Waals surface area contributed by atoms with Crippen molar-refractivity contribution < 1.29 is 9.53 Å². The van der Waals surface area contributed by atoms with Crippen LogP contribution >= 0.6 is 0 Å². The largest absolute Gasteiger partial charge is 0.397 e. The SMILES string of the molecule is CCCCCCCCOCC(=O)Nc1ccccc1N. The van der Waals surface area contributed by atoms with Crippen LogP contribution in [0.1, 0.15) is 45.4 Å². The summed E-state index contributed by atoms with van der Waals surface area (Å²) in [7, 11) is 0. The highest BCUT2D eigenvalue weighted by atomic mass is 16.5. The molecule has 0 aromatic heterocycles. The van der Waals surface area contributed by atoms with Gasteiger partial charge in [0.15, 0.2) is 0 Å². The van der Waals surface area contributed by atoms with Gasteiger partial charge in [-0.15, -0.1) is 0 Å². The van der Waals surface area contributed by atoms with Gasteiger partial charge < -0.3 is 15.8 Å². The lowest BCUT2D eigenvalue weighted by Gasteiger charge is -2.08. The van der Waals surface area contributed by atoms with Gasteiger partial charge in [-0.05, 0) is 18.6 Å². The van der Waals surface area contributed by atoms with Crippen LogP contribution in [-0.4, -0.2) is 19.1 Å². The highest BCUT2D eigenvalue weighted by Crippen LogP contribution is 2.16. The van der Waals surface area contributed by atoms with Gasteiger partial charge in [0.05, 0.1) is 11.4 Å². The molecule has 0 spiro atoms. The molecule has 3 N–H and O–H groups in total. The molecule has 1 amide bonds. The number of para-hydroxylation sites is 2. The molecule has 4 nitrogen and oxygen atoms in total. The Kier molecular flexibility index (Phi) is 8.47. The zero-order chi connectivity index (χ0) is 14.6. The van der Waals surface area contributed by atoms with Gasteiger partial charge in [-0.3, -0.25) is 4.79 Å². The summed E-state index contributed by atoms with van der Waals surface area (Å²) in [5.41, 5.74) is 6.95. The zero-order valence-electron chi connectivity index (χ0n) is 12.4. The van der Waals surface area contributed by atoms with Crippen molar-refractivity contribution in [3.05, 3.63) is 24.3 Å². The van der Waals surface area contributed by atoms with Gasteiger partial charge >= 0.3 is 0 Å². The van der Waals surface area contributed by atoms with Gasteiger partial charge in [-0.25, -0.2) is 0 Å². The average molecular weight is 278 g/mol. The monoisotopic (exact) mass is 278 g/mol. The summed E-state index contributed by atoms with van der Waals surface area (Å²) in [4.78, 5) is 11.6. The molecule has 0 bridgehead atoms. The van der Waals surface area contributed by atoms with Gasteiger partial charge in [-0.1, -0.05) is 51.2 Å². The quantitative estimate of drug-likeness (QED) is 0.508. The normalized spacial score (nSPS) is 10.4. The number of nitrogens with one attached hydrogen (secondary N) is 1. The summed E-state index contributed by atoms with van der Waals surface area (Å²) in [6, 6.07) is 7.21. The molecule has 0 aliphatic rings. The summed E-state index contributed by atoms with van der Waals surface area (Å²) in [5.74, 6) is -0.158. The Labute approximate surface area is 121 Å². The molecule has 0 heterocycles. The number of amides is 1. The molecule has 0 aliphatic heterocycles. The van der Waals surface area contributed by atoms with Crippen molar-refractivity contribution in [2.24, 2.45) is 0 Å². The number of carbonyl (C=O) groups excluding carboxylic acids is 1. The van der Waals surface area contributed by atoms with E-state index in [9.17, 15) is 4.79 Å². The Morgan fingerprint density at radius 1 is 1.15 bits per heavy atom. The maximum atomic E-state index is 11.6. The topological polar surface area (TPSA) is 64.3 Å². The number of benzene rings is 1. The third-order valence-corrected chi connectivity index (χ3v) is 3.11. The summed E-state index contributed by atoms with van der Waals surface area (Å²) in [6.07, 6.45) is 7.31. The Balaban J connectivity index is 2.05. The molecule has 1 aromatic carbocycles. The fraction of sp³-hybridized carbons (Fsp3) is 0.562. The minimum absolute atomic E-state index is 0.0866. The Morgan fingerprint density at radius 2 is 1.85 bits per heavy atom. The molecule has 0 radical (unpaired) electrons. The number of carbonyl (C=O) groups is 1. The van der Waals surface area contributed by atoms with Crippen LogP contribution in [0.2, 0.25) is 0 Å². The third kappa shape index (κ3) is 7.14. The van der Waals surface area contributed by atoms with E-state index < -0.39 is 0 Å². The molecule has 4 heteroatoms. The van der Waals surface area contributed by atoms with Crippen molar-refractivity contribution in [3.8, 4) is 0 Å². The number of rotatable bonds is 10. The molecule has 20 heavy (non-hydrogen) atoms. The van der Waals surface area contributed by atoms with E-state index in [0.29, 0.717) is 18.0 Å². The molecular formula is C16H26N2O2. The second-order valence-corrected chi connectivity index (χ2v) is 4.96. The third-order valence-electron chi connectivity index (χ3n) is 3.11. The van der Waals surface area contributed by atoms with Crippen molar-refractivity contribution in [3.63, 3.8) is 0 Å². The van der Waals surface area contributed by atoms with E-state index in [1.54, 1.807) is 12.1 Å². The molecule has 0 fully saturated rings. The van der Waals surface area contributed by atoms with Crippen LogP contribution in [0.5, 0.6) is 0 Å². The number of nitrogens with two attached hydrogens (primary N) is 1. The van der Waals surface area contributed by atoms with Crippen molar-refractivity contribution >= 4 is 17.3 Å². The van der Waals surface area contributed by atoms with Crippen LogP contribution in [0, 0.1) is 0 Å². The van der Waals surface area contributed by atoms with E-state index in [1.165, 1.54) is 32.1 Å². The minimum atomic E-state index is -0.158. The average Bonchev–Trinajstić information content (AvgIpc) is 2.44. The summed E-state index contributed by atoms with van der Waals surface area (Å²) in [6.45, 7) is 2.94. The maximum absolute atomic E-state index is 11.6. The Hall–Kier alpha value is -1.55. The fourth-order valence-corrected chi connectivity index (χ4v) is 1.95. The lowest BCUT2D eigenvalue weighted by atomic mass is 10.1. The second kappa shape index (κ2) is 10.3. The molecule has 0 atom stereocenters. The number of hydrogen-bond acceptors (Lipinski definition) is 3. The van der Waals surface area contributed by atoms with Gasteiger partial charge in [0.2, 0.25) is 5.91 Å². The lowest BCUT2D eigenvalue weighted by molar-refractivity contribution is -0.120. The molecular weight excluding hydrogens is 252 g/mol. The fourth-order valence-electron chi connectivity index (χ4n) is 1.95. The highest BCUT2D eigenvalue weighted by Gasteiger charge is 2.04. The van der Waals surface area contributed by atoms with Gasteiger partial charge in [-0.2, -0.15) is 0 Å². The Morgan fingerprint density at radius 3 is 2.60 bits per heavy atom. The van der Waals surface area contributed by atoms with Crippen LogP contribution in [0.3, 0.4) is 0 Å². The standard InChI is InChI=1S/C16H26N2O2/c1-2-3-4-5-6-9-12-20-13-16(19)18-15-11-8-7-10-14(15)17/h7-8,10-11H,2-6,9,12-13,17H2,1H3,(H,18,19). The molecule has 0 saturated heterocycles. The highest BCUT2D eigenvalue weighted by molar-refractivity contribution is 5.94. The van der Waals surface area contributed by atoms with Crippen molar-refractivity contribution in [1.29, 1.82) is 0 Å².